The Kier molecular flexibility index (Phi) is 4.99. The highest BCUT2D eigenvalue weighted by atomic mass is 79.9. The minimum Gasteiger partial charge on any atom is -0.451 e. The lowest BCUT2D eigenvalue weighted by Crippen LogP contribution is -2.24. The fraction of sp³-hybridized carbons (Fsp3) is 0.118. The van der Waals surface area contributed by atoms with Crippen LogP contribution in [0, 0.1) is 0 Å². The number of carbonyl (C=O) groups is 2. The van der Waals surface area contributed by atoms with E-state index in [0.717, 1.165) is 4.47 Å². The van der Waals surface area contributed by atoms with Gasteiger partial charge in [0.25, 0.3) is 0 Å². The molecule has 0 saturated carbocycles. The highest BCUT2D eigenvalue weighted by Crippen LogP contribution is 2.15. The van der Waals surface area contributed by atoms with Gasteiger partial charge in [0, 0.05) is 10.0 Å². The lowest BCUT2D eigenvalue weighted by atomic mass is 10.1. The molecule has 25 heavy (non-hydrogen) atoms. The van der Waals surface area contributed by atoms with E-state index >= 15 is 0 Å². The maximum atomic E-state index is 12.4. The van der Waals surface area contributed by atoms with Gasteiger partial charge in [-0.15, -0.1) is 5.10 Å². The number of carbonyl (C=O) groups excluding carboxylic acids is 2. The number of Topliss-reactive ketones (excluding diaryl/α,β-unsaturated/α-hetero) is 1. The van der Waals surface area contributed by atoms with Crippen molar-refractivity contribution in [2.45, 2.75) is 13.0 Å². The molecule has 1 atom stereocenters. The van der Waals surface area contributed by atoms with Gasteiger partial charge in [-0.3, -0.25) is 4.79 Å². The van der Waals surface area contributed by atoms with Gasteiger partial charge in [-0.1, -0.05) is 34.1 Å². The molecule has 7 nitrogen and oxygen atoms in total. The van der Waals surface area contributed by atoms with E-state index < -0.39 is 12.1 Å². The van der Waals surface area contributed by atoms with E-state index in [2.05, 4.69) is 31.5 Å². The van der Waals surface area contributed by atoms with Gasteiger partial charge in [-0.25, -0.2) is 9.48 Å². The van der Waals surface area contributed by atoms with Crippen molar-refractivity contribution in [3.8, 4) is 5.69 Å². The fourth-order valence-electron chi connectivity index (χ4n) is 2.19. The van der Waals surface area contributed by atoms with E-state index in [1.165, 1.54) is 11.0 Å². The summed E-state index contributed by atoms with van der Waals surface area (Å²) in [5, 5.41) is 10.9. The van der Waals surface area contributed by atoms with Crippen molar-refractivity contribution in [3.63, 3.8) is 0 Å². The molecule has 1 heterocycles. The summed E-state index contributed by atoms with van der Waals surface area (Å²) in [6.07, 6.45) is 0.523. The normalized spacial score (nSPS) is 11.8. The van der Waals surface area contributed by atoms with E-state index in [1.807, 2.05) is 0 Å². The van der Waals surface area contributed by atoms with Crippen LogP contribution in [0.2, 0.25) is 0 Å². The zero-order chi connectivity index (χ0) is 17.8. The third kappa shape index (κ3) is 3.97. The van der Waals surface area contributed by atoms with Crippen LogP contribution >= 0.6 is 15.9 Å². The minimum absolute atomic E-state index is 0.266. The van der Waals surface area contributed by atoms with E-state index in [-0.39, 0.29) is 5.78 Å². The molecule has 0 bridgehead atoms. The maximum absolute atomic E-state index is 12.4. The lowest BCUT2D eigenvalue weighted by Gasteiger charge is -2.13. The zero-order valence-electron chi connectivity index (χ0n) is 13.2. The molecular weight excluding hydrogens is 388 g/mol. The number of aromatic nitrogens is 4. The second-order valence-electron chi connectivity index (χ2n) is 5.22. The molecule has 0 N–H and O–H groups in total. The van der Waals surface area contributed by atoms with Gasteiger partial charge in [0.15, 0.2) is 6.10 Å². The SMILES string of the molecule is CC(OC(=O)c1cccc(-n2cnnn2)c1)C(=O)c1ccc(Br)cc1. The predicted octanol–water partition coefficient (Wildman–Crippen LogP) is 2.85. The van der Waals surface area contributed by atoms with Gasteiger partial charge in [-0.05, 0) is 47.7 Å². The van der Waals surface area contributed by atoms with Crippen molar-refractivity contribution in [2.75, 3.05) is 0 Å². The van der Waals surface area contributed by atoms with E-state index in [4.69, 9.17) is 4.74 Å². The lowest BCUT2D eigenvalue weighted by molar-refractivity contribution is 0.0319. The summed E-state index contributed by atoms with van der Waals surface area (Å²) in [6, 6.07) is 13.5. The number of esters is 1. The van der Waals surface area contributed by atoms with Gasteiger partial charge in [-0.2, -0.15) is 0 Å². The van der Waals surface area contributed by atoms with Crippen molar-refractivity contribution in [3.05, 3.63) is 70.5 Å². The standard InChI is InChI=1S/C17H13BrN4O3/c1-11(16(23)12-5-7-14(18)8-6-12)25-17(24)13-3-2-4-15(9-13)22-10-19-20-21-22/h2-11H,1H3. The van der Waals surface area contributed by atoms with Gasteiger partial charge in [0.2, 0.25) is 5.78 Å². The van der Waals surface area contributed by atoms with Crippen LogP contribution in [-0.4, -0.2) is 38.1 Å². The summed E-state index contributed by atoms with van der Waals surface area (Å²) >= 11 is 3.31. The fourth-order valence-corrected chi connectivity index (χ4v) is 2.45. The second kappa shape index (κ2) is 7.35. The number of hydrogen-bond acceptors (Lipinski definition) is 6. The maximum Gasteiger partial charge on any atom is 0.338 e. The van der Waals surface area contributed by atoms with Gasteiger partial charge in [0.1, 0.15) is 6.33 Å². The number of rotatable bonds is 5. The molecule has 8 heteroatoms. The van der Waals surface area contributed by atoms with Gasteiger partial charge < -0.3 is 4.74 Å². The summed E-state index contributed by atoms with van der Waals surface area (Å²) in [5.74, 6) is -0.856. The summed E-state index contributed by atoms with van der Waals surface area (Å²) in [5.41, 5.74) is 1.40. The van der Waals surface area contributed by atoms with Crippen molar-refractivity contribution in [1.82, 2.24) is 20.2 Å². The molecule has 0 aliphatic rings. The molecule has 0 saturated heterocycles. The molecule has 0 spiro atoms. The first-order chi connectivity index (χ1) is 12.0. The van der Waals surface area contributed by atoms with Crippen molar-refractivity contribution < 1.29 is 14.3 Å². The van der Waals surface area contributed by atoms with Crippen LogP contribution in [0.25, 0.3) is 5.69 Å². The zero-order valence-corrected chi connectivity index (χ0v) is 14.8. The van der Waals surface area contributed by atoms with Crippen LogP contribution in [0.4, 0.5) is 0 Å². The monoisotopic (exact) mass is 400 g/mol. The predicted molar refractivity (Wildman–Crippen MR) is 92.5 cm³/mol. The summed E-state index contributed by atoms with van der Waals surface area (Å²) in [7, 11) is 0. The number of hydrogen-bond donors (Lipinski definition) is 0. The molecular formula is C17H13BrN4O3. The van der Waals surface area contributed by atoms with Gasteiger partial charge >= 0.3 is 5.97 Å². The van der Waals surface area contributed by atoms with E-state index in [0.29, 0.717) is 16.8 Å². The molecule has 0 aliphatic carbocycles. The Bertz CT molecular complexity index is 895. The molecule has 0 radical (unpaired) electrons. The molecule has 1 aromatic heterocycles. The van der Waals surface area contributed by atoms with Crippen LogP contribution in [0.15, 0.2) is 59.3 Å². The Morgan fingerprint density at radius 3 is 2.56 bits per heavy atom. The molecule has 1 unspecified atom stereocenters. The van der Waals surface area contributed by atoms with Crippen LogP contribution in [-0.2, 0) is 4.74 Å². The number of halogens is 1. The highest BCUT2D eigenvalue weighted by Gasteiger charge is 2.20. The third-order valence-electron chi connectivity index (χ3n) is 3.48. The Morgan fingerprint density at radius 2 is 1.88 bits per heavy atom. The van der Waals surface area contributed by atoms with Crippen LogP contribution < -0.4 is 0 Å². The summed E-state index contributed by atoms with van der Waals surface area (Å²) in [4.78, 5) is 24.7. The minimum atomic E-state index is -0.898. The van der Waals surface area contributed by atoms with E-state index in [1.54, 1.807) is 55.5 Å². The van der Waals surface area contributed by atoms with Crippen LogP contribution in [0.3, 0.4) is 0 Å². The number of nitrogens with zero attached hydrogens (tertiary/aromatic N) is 4. The van der Waals surface area contributed by atoms with Crippen molar-refractivity contribution in [1.29, 1.82) is 0 Å². The summed E-state index contributed by atoms with van der Waals surface area (Å²) < 4.78 is 7.59. The second-order valence-corrected chi connectivity index (χ2v) is 6.14. The molecule has 126 valence electrons. The quantitative estimate of drug-likeness (QED) is 0.483. The molecule has 0 amide bonds. The Balaban J connectivity index is 1.72. The van der Waals surface area contributed by atoms with Crippen molar-refractivity contribution >= 4 is 27.7 Å². The highest BCUT2D eigenvalue weighted by molar-refractivity contribution is 9.10. The third-order valence-corrected chi connectivity index (χ3v) is 4.01. The number of ketones is 1. The molecule has 0 aliphatic heterocycles. The number of tetrazole rings is 1. The average Bonchev–Trinajstić information content (AvgIpc) is 3.16. The number of benzene rings is 2. The number of ether oxygens (including phenoxy) is 1. The smallest absolute Gasteiger partial charge is 0.338 e. The molecule has 3 rings (SSSR count). The topological polar surface area (TPSA) is 87.0 Å². The Labute approximate surface area is 151 Å². The molecule has 2 aromatic carbocycles. The first-order valence-corrected chi connectivity index (χ1v) is 8.18. The van der Waals surface area contributed by atoms with E-state index in [9.17, 15) is 9.59 Å². The van der Waals surface area contributed by atoms with Crippen molar-refractivity contribution in [2.24, 2.45) is 0 Å². The summed E-state index contributed by atoms with van der Waals surface area (Å²) in [6.45, 7) is 1.55. The van der Waals surface area contributed by atoms with Gasteiger partial charge in [0.05, 0.1) is 11.3 Å². The van der Waals surface area contributed by atoms with Crippen LogP contribution in [0.5, 0.6) is 0 Å². The first kappa shape index (κ1) is 17.0. The van der Waals surface area contributed by atoms with Crippen LogP contribution in [0.1, 0.15) is 27.6 Å². The largest absolute Gasteiger partial charge is 0.451 e. The first-order valence-electron chi connectivity index (χ1n) is 7.39. The average molecular weight is 401 g/mol. The Hall–Kier alpha value is -2.87. The molecule has 3 aromatic rings. The Morgan fingerprint density at radius 1 is 1.12 bits per heavy atom. The molecule has 0 fully saturated rings.